The van der Waals surface area contributed by atoms with Crippen molar-refractivity contribution in [2.45, 2.75) is 282 Å². The van der Waals surface area contributed by atoms with Crippen molar-refractivity contribution in [1.29, 1.82) is 0 Å². The van der Waals surface area contributed by atoms with Gasteiger partial charge in [0.1, 0.15) is 30.5 Å². The number of unbranched alkanes of at least 4 members (excludes halogenated alkanes) is 31. The van der Waals surface area contributed by atoms with Crippen molar-refractivity contribution in [3.8, 4) is 0 Å². The zero-order valence-corrected chi connectivity index (χ0v) is 40.4. The van der Waals surface area contributed by atoms with Crippen molar-refractivity contribution >= 4 is 5.97 Å². The minimum absolute atomic E-state index is 0.115. The third-order valence-corrected chi connectivity index (χ3v) is 12.4. The average molecular weight is 881 g/mol. The van der Waals surface area contributed by atoms with Crippen LogP contribution in [-0.4, -0.2) is 89.6 Å². The van der Waals surface area contributed by atoms with E-state index < -0.39 is 43.4 Å². The van der Waals surface area contributed by atoms with Gasteiger partial charge in [0.05, 0.1) is 19.8 Å². The Morgan fingerprint density at radius 2 is 0.935 bits per heavy atom. The Morgan fingerprint density at radius 3 is 1.42 bits per heavy atom. The van der Waals surface area contributed by atoms with Crippen LogP contribution in [0.4, 0.5) is 0 Å². The topological polar surface area (TPSA) is 135 Å². The van der Waals surface area contributed by atoms with Crippen molar-refractivity contribution in [2.75, 3.05) is 26.4 Å². The molecule has 0 amide bonds. The highest BCUT2D eigenvalue weighted by Gasteiger charge is 2.44. The summed E-state index contributed by atoms with van der Waals surface area (Å²) in [5, 5.41) is 40.2. The van der Waals surface area contributed by atoms with E-state index in [1.54, 1.807) is 0 Å². The van der Waals surface area contributed by atoms with Crippen molar-refractivity contribution in [2.24, 2.45) is 0 Å². The van der Waals surface area contributed by atoms with E-state index in [-0.39, 0.29) is 19.2 Å². The van der Waals surface area contributed by atoms with E-state index in [9.17, 15) is 25.2 Å². The van der Waals surface area contributed by atoms with Gasteiger partial charge in [-0.15, -0.1) is 0 Å². The lowest BCUT2D eigenvalue weighted by Gasteiger charge is -2.39. The van der Waals surface area contributed by atoms with Gasteiger partial charge in [-0.05, 0) is 44.9 Å². The molecule has 9 nitrogen and oxygen atoms in total. The first-order valence-corrected chi connectivity index (χ1v) is 26.4. The molecule has 0 saturated carbocycles. The number of aliphatic hydroxyl groups excluding tert-OH is 4. The highest BCUT2D eigenvalue weighted by atomic mass is 16.7. The Labute approximate surface area is 381 Å². The third kappa shape index (κ3) is 35.0. The molecule has 1 fully saturated rings. The smallest absolute Gasteiger partial charge is 0.306 e. The standard InChI is InChI=1S/C53H100O9/c1-3-5-7-9-11-13-15-17-19-20-21-22-23-24-25-26-27-29-31-33-35-37-39-41-43-59-45-47(46-60-53-52(58)51(57)50(56)48(44-54)62-53)61-49(55)42-40-38-36-34-32-30-28-18-16-14-12-10-8-6-4-2/h12,14,18,28,47-48,50-54,56-58H,3-11,13,15-17,19-27,29-46H2,1-2H3/b14-12-,28-18-. The van der Waals surface area contributed by atoms with Crippen LogP contribution in [0.1, 0.15) is 245 Å². The molecule has 62 heavy (non-hydrogen) atoms. The molecule has 1 saturated heterocycles. The summed E-state index contributed by atoms with van der Waals surface area (Å²) >= 11 is 0. The summed E-state index contributed by atoms with van der Waals surface area (Å²) in [5.41, 5.74) is 0. The lowest BCUT2D eigenvalue weighted by atomic mass is 9.99. The van der Waals surface area contributed by atoms with Crippen LogP contribution in [0, 0.1) is 0 Å². The second kappa shape index (κ2) is 44.9. The summed E-state index contributed by atoms with van der Waals surface area (Å²) in [6, 6.07) is 0. The van der Waals surface area contributed by atoms with E-state index in [1.807, 2.05) is 0 Å². The highest BCUT2D eigenvalue weighted by molar-refractivity contribution is 5.69. The molecule has 9 heteroatoms. The van der Waals surface area contributed by atoms with Crippen LogP contribution < -0.4 is 0 Å². The van der Waals surface area contributed by atoms with Crippen LogP contribution >= 0.6 is 0 Å². The Balaban J connectivity index is 2.16. The Hall–Kier alpha value is -1.33. The third-order valence-electron chi connectivity index (χ3n) is 12.4. The molecule has 0 aliphatic carbocycles. The minimum atomic E-state index is -1.54. The second-order valence-electron chi connectivity index (χ2n) is 18.3. The molecule has 0 aromatic carbocycles. The van der Waals surface area contributed by atoms with E-state index in [2.05, 4.69) is 38.2 Å². The summed E-state index contributed by atoms with van der Waals surface area (Å²) < 4.78 is 22.9. The maximum Gasteiger partial charge on any atom is 0.306 e. The molecule has 1 aliphatic rings. The van der Waals surface area contributed by atoms with E-state index in [0.29, 0.717) is 13.0 Å². The van der Waals surface area contributed by atoms with Gasteiger partial charge >= 0.3 is 5.97 Å². The number of aliphatic hydroxyl groups is 4. The molecule has 6 unspecified atom stereocenters. The van der Waals surface area contributed by atoms with Crippen molar-refractivity contribution < 1.29 is 44.2 Å². The highest BCUT2D eigenvalue weighted by Crippen LogP contribution is 2.23. The number of hydrogen-bond acceptors (Lipinski definition) is 9. The van der Waals surface area contributed by atoms with Gasteiger partial charge in [0, 0.05) is 13.0 Å². The lowest BCUT2D eigenvalue weighted by Crippen LogP contribution is -2.59. The summed E-state index contributed by atoms with van der Waals surface area (Å²) in [5.74, 6) is -0.323. The predicted molar refractivity (Wildman–Crippen MR) is 256 cm³/mol. The average Bonchev–Trinajstić information content (AvgIpc) is 3.27. The summed E-state index contributed by atoms with van der Waals surface area (Å²) in [4.78, 5) is 12.8. The summed E-state index contributed by atoms with van der Waals surface area (Å²) in [6.45, 7) is 4.56. The zero-order chi connectivity index (χ0) is 45.0. The number of allylic oxidation sites excluding steroid dienone is 4. The molecular weight excluding hydrogens is 781 g/mol. The van der Waals surface area contributed by atoms with Crippen molar-refractivity contribution in [3.63, 3.8) is 0 Å². The number of rotatable bonds is 46. The number of carbonyl (C=O) groups excluding carboxylic acids is 1. The quantitative estimate of drug-likeness (QED) is 0.0268. The number of ether oxygens (including phenoxy) is 4. The largest absolute Gasteiger partial charge is 0.457 e. The van der Waals surface area contributed by atoms with Crippen LogP contribution in [0.15, 0.2) is 24.3 Å². The molecule has 6 atom stereocenters. The van der Waals surface area contributed by atoms with Gasteiger partial charge in [-0.3, -0.25) is 4.79 Å². The first-order valence-electron chi connectivity index (χ1n) is 26.4. The molecule has 0 radical (unpaired) electrons. The van der Waals surface area contributed by atoms with E-state index in [0.717, 1.165) is 57.8 Å². The van der Waals surface area contributed by atoms with E-state index >= 15 is 0 Å². The van der Waals surface area contributed by atoms with Gasteiger partial charge in [-0.25, -0.2) is 0 Å². The van der Waals surface area contributed by atoms with Gasteiger partial charge < -0.3 is 39.4 Å². The lowest BCUT2D eigenvalue weighted by molar-refractivity contribution is -0.305. The normalized spacial score (nSPS) is 19.9. The maximum atomic E-state index is 12.8. The van der Waals surface area contributed by atoms with Crippen LogP contribution in [0.3, 0.4) is 0 Å². The van der Waals surface area contributed by atoms with E-state index in [4.69, 9.17) is 18.9 Å². The molecule has 366 valence electrons. The number of carbonyl (C=O) groups is 1. The van der Waals surface area contributed by atoms with E-state index in [1.165, 1.54) is 167 Å². The van der Waals surface area contributed by atoms with Gasteiger partial charge in [0.25, 0.3) is 0 Å². The number of hydrogen-bond donors (Lipinski definition) is 4. The Morgan fingerprint density at radius 1 is 0.516 bits per heavy atom. The fourth-order valence-corrected chi connectivity index (χ4v) is 8.23. The van der Waals surface area contributed by atoms with Crippen LogP contribution in [0.2, 0.25) is 0 Å². The first kappa shape index (κ1) is 58.7. The molecule has 1 aliphatic heterocycles. The van der Waals surface area contributed by atoms with Crippen molar-refractivity contribution in [3.05, 3.63) is 24.3 Å². The van der Waals surface area contributed by atoms with Gasteiger partial charge in [0.2, 0.25) is 0 Å². The molecule has 1 heterocycles. The second-order valence-corrected chi connectivity index (χ2v) is 18.3. The van der Waals surface area contributed by atoms with Crippen molar-refractivity contribution in [1.82, 2.24) is 0 Å². The molecule has 0 aromatic heterocycles. The molecule has 0 spiro atoms. The van der Waals surface area contributed by atoms with Gasteiger partial charge in [0.15, 0.2) is 6.29 Å². The minimum Gasteiger partial charge on any atom is -0.457 e. The Kier molecular flexibility index (Phi) is 42.5. The molecule has 0 bridgehead atoms. The molecular formula is C53H100O9. The number of esters is 1. The summed E-state index contributed by atoms with van der Waals surface area (Å²) in [7, 11) is 0. The monoisotopic (exact) mass is 881 g/mol. The predicted octanol–water partition coefficient (Wildman–Crippen LogP) is 12.9. The van der Waals surface area contributed by atoms with Crippen LogP contribution in [0.5, 0.6) is 0 Å². The molecule has 4 N–H and O–H groups in total. The SMILES string of the molecule is CCCCC/C=C\C/C=C\CCCCCCCC(=O)OC(COCCCCCCCCCCCCCCCCCCCCCCCCCC)COC1OC(CO)C(O)C(O)C1O. The fourth-order valence-electron chi connectivity index (χ4n) is 8.23. The fraction of sp³-hybridized carbons (Fsp3) is 0.906. The van der Waals surface area contributed by atoms with Crippen LogP contribution in [0.25, 0.3) is 0 Å². The summed E-state index contributed by atoms with van der Waals surface area (Å²) in [6.07, 6.45) is 46.5. The molecule has 0 aromatic rings. The molecule has 1 rings (SSSR count). The maximum absolute atomic E-state index is 12.8. The van der Waals surface area contributed by atoms with Crippen LogP contribution in [-0.2, 0) is 23.7 Å². The zero-order valence-electron chi connectivity index (χ0n) is 40.4. The Bertz CT molecular complexity index is 1000. The van der Waals surface area contributed by atoms with Gasteiger partial charge in [-0.2, -0.15) is 0 Å². The van der Waals surface area contributed by atoms with Gasteiger partial charge in [-0.1, -0.05) is 218 Å². The first-order chi connectivity index (χ1) is 30.4.